The first-order valence-electron chi connectivity index (χ1n) is 9.43. The van der Waals surface area contributed by atoms with Crippen molar-refractivity contribution in [1.82, 2.24) is 14.9 Å². The Morgan fingerprint density at radius 2 is 1.93 bits per heavy atom. The van der Waals surface area contributed by atoms with E-state index in [0.29, 0.717) is 17.5 Å². The third-order valence-corrected chi connectivity index (χ3v) is 5.74. The molecule has 0 fully saturated rings. The summed E-state index contributed by atoms with van der Waals surface area (Å²) in [6.07, 6.45) is 0.888. The van der Waals surface area contributed by atoms with E-state index in [1.807, 2.05) is 49.1 Å². The standard InChI is InChI=1S/C21H23N5O2S/c1-14-9-15(2)11-17(10-14)28-12-19-23-24-21(26(19)22)29-13-20(27)25-8-7-16-5-3-4-6-18(16)25/h3-6,9-11H,7-8,12-13,22H2,1-2H3. The first-order valence-corrected chi connectivity index (χ1v) is 10.4. The van der Waals surface area contributed by atoms with E-state index in [1.54, 1.807) is 0 Å². The Bertz CT molecular complexity index is 1030. The molecule has 150 valence electrons. The number of benzene rings is 2. The second-order valence-electron chi connectivity index (χ2n) is 7.09. The van der Waals surface area contributed by atoms with Crippen molar-refractivity contribution in [1.29, 1.82) is 0 Å². The van der Waals surface area contributed by atoms with Gasteiger partial charge < -0.3 is 15.5 Å². The molecule has 2 aromatic carbocycles. The molecule has 0 bridgehead atoms. The maximum absolute atomic E-state index is 12.7. The van der Waals surface area contributed by atoms with Crippen molar-refractivity contribution in [2.45, 2.75) is 32.0 Å². The van der Waals surface area contributed by atoms with Gasteiger partial charge >= 0.3 is 0 Å². The highest BCUT2D eigenvalue weighted by atomic mass is 32.2. The first-order chi connectivity index (χ1) is 14.0. The van der Waals surface area contributed by atoms with Crippen molar-refractivity contribution in [3.05, 3.63) is 65.0 Å². The highest BCUT2D eigenvalue weighted by Crippen LogP contribution is 2.28. The number of hydrogen-bond donors (Lipinski definition) is 1. The summed E-state index contributed by atoms with van der Waals surface area (Å²) in [4.78, 5) is 14.5. The quantitative estimate of drug-likeness (QED) is 0.498. The minimum Gasteiger partial charge on any atom is -0.486 e. The van der Waals surface area contributed by atoms with Gasteiger partial charge in [0.05, 0.1) is 5.75 Å². The Kier molecular flexibility index (Phi) is 5.44. The topological polar surface area (TPSA) is 86.3 Å². The van der Waals surface area contributed by atoms with Crippen LogP contribution in [-0.2, 0) is 17.8 Å². The van der Waals surface area contributed by atoms with E-state index < -0.39 is 0 Å². The number of nitrogen functional groups attached to an aromatic ring is 1. The lowest BCUT2D eigenvalue weighted by atomic mass is 10.1. The summed E-state index contributed by atoms with van der Waals surface area (Å²) in [5.74, 6) is 7.67. The molecule has 0 atom stereocenters. The SMILES string of the molecule is Cc1cc(C)cc(OCc2nnc(SCC(=O)N3CCc4ccccc43)n2N)c1. The number of fused-ring (bicyclic) bond motifs is 1. The predicted molar refractivity (Wildman–Crippen MR) is 114 cm³/mol. The van der Waals surface area contributed by atoms with Gasteiger partial charge in [0.15, 0.2) is 5.82 Å². The number of thioether (sulfide) groups is 1. The van der Waals surface area contributed by atoms with Crippen LogP contribution < -0.4 is 15.5 Å². The molecule has 1 aliphatic heterocycles. The van der Waals surface area contributed by atoms with E-state index in [2.05, 4.69) is 22.3 Å². The fourth-order valence-corrected chi connectivity index (χ4v) is 4.22. The highest BCUT2D eigenvalue weighted by molar-refractivity contribution is 7.99. The molecule has 0 unspecified atom stereocenters. The number of aromatic nitrogens is 3. The zero-order valence-corrected chi connectivity index (χ0v) is 17.3. The normalized spacial score (nSPS) is 12.8. The Labute approximate surface area is 173 Å². The van der Waals surface area contributed by atoms with Crippen LogP contribution in [0.3, 0.4) is 0 Å². The summed E-state index contributed by atoms with van der Waals surface area (Å²) < 4.78 is 7.19. The van der Waals surface area contributed by atoms with Crippen molar-refractivity contribution in [2.75, 3.05) is 23.0 Å². The van der Waals surface area contributed by atoms with E-state index >= 15 is 0 Å². The van der Waals surface area contributed by atoms with Crippen LogP contribution in [-0.4, -0.2) is 33.1 Å². The second kappa shape index (κ2) is 8.16. The van der Waals surface area contributed by atoms with E-state index in [1.165, 1.54) is 22.0 Å². The lowest BCUT2D eigenvalue weighted by molar-refractivity contribution is -0.116. The molecule has 0 saturated carbocycles. The van der Waals surface area contributed by atoms with Crippen molar-refractivity contribution < 1.29 is 9.53 Å². The third-order valence-electron chi connectivity index (χ3n) is 4.81. The van der Waals surface area contributed by atoms with E-state index in [0.717, 1.165) is 29.0 Å². The van der Waals surface area contributed by atoms with Crippen molar-refractivity contribution in [3.8, 4) is 5.75 Å². The maximum Gasteiger partial charge on any atom is 0.237 e. The fourth-order valence-electron chi connectivity index (χ4n) is 3.47. The molecular formula is C21H23N5O2S. The van der Waals surface area contributed by atoms with Gasteiger partial charge in [0.2, 0.25) is 11.1 Å². The Balaban J connectivity index is 1.36. The molecular weight excluding hydrogens is 386 g/mol. The molecule has 8 heteroatoms. The number of amides is 1. The van der Waals surface area contributed by atoms with Crippen LogP contribution in [0.5, 0.6) is 5.75 Å². The van der Waals surface area contributed by atoms with E-state index in [-0.39, 0.29) is 18.3 Å². The molecule has 2 heterocycles. The number of nitrogens with two attached hydrogens (primary N) is 1. The minimum absolute atomic E-state index is 0.0379. The molecule has 0 saturated heterocycles. The second-order valence-corrected chi connectivity index (χ2v) is 8.04. The number of ether oxygens (including phenoxy) is 1. The minimum atomic E-state index is 0.0379. The Hall–Kier alpha value is -3.00. The van der Waals surface area contributed by atoms with Gasteiger partial charge in [-0.2, -0.15) is 0 Å². The summed E-state index contributed by atoms with van der Waals surface area (Å²) in [6, 6.07) is 14.0. The number of para-hydroxylation sites is 1. The fraction of sp³-hybridized carbons (Fsp3) is 0.286. The van der Waals surface area contributed by atoms with Gasteiger partial charge in [-0.15, -0.1) is 10.2 Å². The number of carbonyl (C=O) groups excluding carboxylic acids is 1. The average molecular weight is 410 g/mol. The van der Waals surface area contributed by atoms with Crippen LogP contribution in [0, 0.1) is 13.8 Å². The lowest BCUT2D eigenvalue weighted by Gasteiger charge is -2.16. The van der Waals surface area contributed by atoms with Gasteiger partial charge in [0.25, 0.3) is 0 Å². The number of hydrogen-bond acceptors (Lipinski definition) is 6. The molecule has 2 N–H and O–H groups in total. The van der Waals surface area contributed by atoms with Gasteiger partial charge in [-0.05, 0) is 55.2 Å². The van der Waals surface area contributed by atoms with Gasteiger partial charge in [-0.25, -0.2) is 4.68 Å². The monoisotopic (exact) mass is 409 g/mol. The highest BCUT2D eigenvalue weighted by Gasteiger charge is 2.24. The largest absolute Gasteiger partial charge is 0.486 e. The summed E-state index contributed by atoms with van der Waals surface area (Å²) in [6.45, 7) is 4.97. The number of rotatable bonds is 6. The van der Waals surface area contributed by atoms with Crippen LogP contribution in [0.15, 0.2) is 47.6 Å². The number of aryl methyl sites for hydroxylation is 2. The Morgan fingerprint density at radius 3 is 2.72 bits per heavy atom. The van der Waals surface area contributed by atoms with Crippen LogP contribution in [0.4, 0.5) is 5.69 Å². The summed E-state index contributed by atoms with van der Waals surface area (Å²) in [7, 11) is 0. The molecule has 1 aromatic heterocycles. The van der Waals surface area contributed by atoms with E-state index in [4.69, 9.17) is 10.6 Å². The summed E-state index contributed by atoms with van der Waals surface area (Å²) in [5.41, 5.74) is 4.47. The molecule has 0 radical (unpaired) electrons. The van der Waals surface area contributed by atoms with Crippen LogP contribution in [0.25, 0.3) is 0 Å². The van der Waals surface area contributed by atoms with Gasteiger partial charge in [-0.3, -0.25) is 4.79 Å². The first kappa shape index (κ1) is 19.3. The average Bonchev–Trinajstić information content (AvgIpc) is 3.27. The van der Waals surface area contributed by atoms with E-state index in [9.17, 15) is 4.79 Å². The zero-order chi connectivity index (χ0) is 20.4. The van der Waals surface area contributed by atoms with Gasteiger partial charge in [-0.1, -0.05) is 36.0 Å². The van der Waals surface area contributed by atoms with Crippen LogP contribution in [0.2, 0.25) is 0 Å². The number of nitrogens with zero attached hydrogens (tertiary/aromatic N) is 4. The molecule has 0 aliphatic carbocycles. The third kappa shape index (κ3) is 4.22. The molecule has 1 amide bonds. The smallest absolute Gasteiger partial charge is 0.237 e. The Morgan fingerprint density at radius 1 is 1.17 bits per heavy atom. The predicted octanol–water partition coefficient (Wildman–Crippen LogP) is 2.87. The van der Waals surface area contributed by atoms with Crippen molar-refractivity contribution in [2.24, 2.45) is 0 Å². The number of carbonyl (C=O) groups is 1. The molecule has 1 aliphatic rings. The summed E-state index contributed by atoms with van der Waals surface area (Å²) >= 11 is 1.28. The van der Waals surface area contributed by atoms with Crippen molar-refractivity contribution in [3.63, 3.8) is 0 Å². The molecule has 4 rings (SSSR count). The summed E-state index contributed by atoms with van der Waals surface area (Å²) in [5, 5.41) is 8.70. The molecule has 0 spiro atoms. The van der Waals surface area contributed by atoms with Gasteiger partial charge in [0, 0.05) is 12.2 Å². The molecule has 7 nitrogen and oxygen atoms in total. The van der Waals surface area contributed by atoms with Gasteiger partial charge in [0.1, 0.15) is 12.4 Å². The zero-order valence-electron chi connectivity index (χ0n) is 16.5. The molecule has 29 heavy (non-hydrogen) atoms. The van der Waals surface area contributed by atoms with Crippen LogP contribution in [0.1, 0.15) is 22.5 Å². The van der Waals surface area contributed by atoms with Crippen LogP contribution >= 0.6 is 11.8 Å². The maximum atomic E-state index is 12.7. The van der Waals surface area contributed by atoms with Crippen molar-refractivity contribution >= 4 is 23.4 Å². The molecule has 3 aromatic rings. The lowest BCUT2D eigenvalue weighted by Crippen LogP contribution is -2.30. The number of anilines is 1.